The first-order valence-corrected chi connectivity index (χ1v) is 9.03. The van der Waals surface area contributed by atoms with E-state index in [0.717, 1.165) is 12.1 Å². The minimum atomic E-state index is -0.692. The number of fused-ring (bicyclic) bond motifs is 2. The number of anilines is 1. The second-order valence-electron chi connectivity index (χ2n) is 6.91. The molecule has 1 amide bonds. The molecule has 2 N–H and O–H groups in total. The van der Waals surface area contributed by atoms with Gasteiger partial charge < -0.3 is 15.2 Å². The summed E-state index contributed by atoms with van der Waals surface area (Å²) in [6.07, 6.45) is 1.54. The molecule has 1 unspecified atom stereocenters. The Morgan fingerprint density at radius 1 is 1.24 bits per heavy atom. The lowest BCUT2D eigenvalue weighted by Gasteiger charge is -2.35. The molecule has 2 heterocycles. The van der Waals surface area contributed by atoms with Crippen molar-refractivity contribution in [2.75, 3.05) is 18.4 Å². The average molecular weight is 402 g/mol. The zero-order chi connectivity index (χ0) is 20.7. The van der Waals surface area contributed by atoms with E-state index in [-0.39, 0.29) is 29.0 Å². The third-order valence-corrected chi connectivity index (χ3v) is 5.17. The van der Waals surface area contributed by atoms with Gasteiger partial charge >= 0.3 is 0 Å². The Kier molecular flexibility index (Phi) is 4.73. The van der Waals surface area contributed by atoms with Crippen LogP contribution in [-0.2, 0) is 11.2 Å². The summed E-state index contributed by atoms with van der Waals surface area (Å²) in [5.74, 6) is -2.38. The Morgan fingerprint density at radius 2 is 2.03 bits per heavy atom. The smallest absolute Gasteiger partial charge is 0.258 e. The highest BCUT2D eigenvalue weighted by molar-refractivity contribution is 5.85. The van der Waals surface area contributed by atoms with Gasteiger partial charge in [-0.3, -0.25) is 9.59 Å². The zero-order valence-corrected chi connectivity index (χ0v) is 15.4. The Labute approximate surface area is 163 Å². The van der Waals surface area contributed by atoms with Gasteiger partial charge in [0.1, 0.15) is 17.5 Å². The highest BCUT2D eigenvalue weighted by Gasteiger charge is 2.30. The van der Waals surface area contributed by atoms with Crippen molar-refractivity contribution in [1.29, 1.82) is 0 Å². The maximum Gasteiger partial charge on any atom is 0.258 e. The van der Waals surface area contributed by atoms with Gasteiger partial charge in [0.15, 0.2) is 0 Å². The van der Waals surface area contributed by atoms with Crippen LogP contribution in [0, 0.1) is 17.5 Å². The van der Waals surface area contributed by atoms with E-state index in [9.17, 15) is 22.8 Å². The lowest BCUT2D eigenvalue weighted by atomic mass is 9.92. The van der Waals surface area contributed by atoms with E-state index in [4.69, 9.17) is 0 Å². The first kappa shape index (κ1) is 19.0. The fourth-order valence-electron chi connectivity index (χ4n) is 3.74. The molecule has 29 heavy (non-hydrogen) atoms. The molecule has 0 spiro atoms. The van der Waals surface area contributed by atoms with E-state index < -0.39 is 29.1 Å². The molecule has 150 valence electrons. The Hall–Kier alpha value is -3.36. The molecule has 0 bridgehead atoms. The molecule has 1 atom stereocenters. The molecule has 1 aliphatic heterocycles. The summed E-state index contributed by atoms with van der Waals surface area (Å²) in [6, 6.07) is 3.92. The van der Waals surface area contributed by atoms with Crippen LogP contribution in [0.15, 0.2) is 35.4 Å². The van der Waals surface area contributed by atoms with Gasteiger partial charge in [-0.15, -0.1) is 0 Å². The normalized spacial score (nSPS) is 16.0. The van der Waals surface area contributed by atoms with Crippen molar-refractivity contribution < 1.29 is 18.0 Å². The van der Waals surface area contributed by atoms with Crippen molar-refractivity contribution >= 4 is 22.5 Å². The standard InChI is InChI=1S/C20H17F3N4O2/c1-10-19-11(4-12(21)5-15(19)23)2-3-27(10)18(28)8-24-17-7-16-13(6-14(17)22)20(29)26-9-25-16/h4-7,9-10,24H,2-3,8H2,1H3,(H,25,26,29). The van der Waals surface area contributed by atoms with Crippen LogP contribution in [0.4, 0.5) is 18.9 Å². The van der Waals surface area contributed by atoms with Crippen molar-refractivity contribution in [3.05, 3.63) is 69.5 Å². The van der Waals surface area contributed by atoms with Gasteiger partial charge in [-0.2, -0.15) is 0 Å². The van der Waals surface area contributed by atoms with Crippen molar-refractivity contribution in [3.63, 3.8) is 0 Å². The second-order valence-corrected chi connectivity index (χ2v) is 6.91. The van der Waals surface area contributed by atoms with Gasteiger partial charge in [-0.1, -0.05) is 0 Å². The van der Waals surface area contributed by atoms with E-state index >= 15 is 0 Å². The lowest BCUT2D eigenvalue weighted by Crippen LogP contribution is -2.42. The number of nitrogens with one attached hydrogen (secondary N) is 2. The molecule has 0 radical (unpaired) electrons. The maximum atomic E-state index is 14.3. The van der Waals surface area contributed by atoms with Gasteiger partial charge in [0.2, 0.25) is 5.91 Å². The number of aromatic amines is 1. The monoisotopic (exact) mass is 402 g/mol. The number of nitrogens with zero attached hydrogens (tertiary/aromatic N) is 2. The molecule has 3 aromatic rings. The summed E-state index contributed by atoms with van der Waals surface area (Å²) in [7, 11) is 0. The molecule has 6 nitrogen and oxygen atoms in total. The SMILES string of the molecule is CC1c2c(F)cc(F)cc2CCN1C(=O)CNc1cc2nc[nH]c(=O)c2cc1F. The molecular formula is C20H17F3N4O2. The van der Waals surface area contributed by atoms with E-state index in [2.05, 4.69) is 15.3 Å². The fourth-order valence-corrected chi connectivity index (χ4v) is 3.74. The second kappa shape index (κ2) is 7.23. The topological polar surface area (TPSA) is 78.1 Å². The van der Waals surface area contributed by atoms with Crippen LogP contribution in [0.25, 0.3) is 10.9 Å². The third kappa shape index (κ3) is 3.43. The van der Waals surface area contributed by atoms with Gasteiger partial charge in [-0.25, -0.2) is 18.2 Å². The van der Waals surface area contributed by atoms with Crippen LogP contribution in [0.1, 0.15) is 24.1 Å². The molecule has 4 rings (SSSR count). The number of halogens is 3. The van der Waals surface area contributed by atoms with Crippen molar-refractivity contribution in [2.45, 2.75) is 19.4 Å². The molecule has 2 aromatic carbocycles. The first-order chi connectivity index (χ1) is 13.8. The van der Waals surface area contributed by atoms with Crippen molar-refractivity contribution in [2.24, 2.45) is 0 Å². The molecule has 1 aliphatic rings. The maximum absolute atomic E-state index is 14.3. The minimum absolute atomic E-state index is 0.0299. The quantitative estimate of drug-likeness (QED) is 0.706. The number of benzene rings is 2. The fraction of sp³-hybridized carbons (Fsp3) is 0.250. The van der Waals surface area contributed by atoms with Crippen molar-refractivity contribution in [3.8, 4) is 0 Å². The number of carbonyl (C=O) groups is 1. The molecular weight excluding hydrogens is 385 g/mol. The number of H-pyrrole nitrogens is 1. The Balaban J connectivity index is 1.52. The van der Waals surface area contributed by atoms with Crippen molar-refractivity contribution in [1.82, 2.24) is 14.9 Å². The van der Waals surface area contributed by atoms with Gasteiger partial charge in [0.05, 0.1) is 35.5 Å². The van der Waals surface area contributed by atoms with Gasteiger partial charge in [-0.05, 0) is 37.1 Å². The molecule has 9 heteroatoms. The number of aromatic nitrogens is 2. The number of amides is 1. The van der Waals surface area contributed by atoms with Crippen LogP contribution in [-0.4, -0.2) is 33.9 Å². The molecule has 0 saturated carbocycles. The van der Waals surface area contributed by atoms with E-state index in [1.54, 1.807) is 6.92 Å². The highest BCUT2D eigenvalue weighted by atomic mass is 19.1. The summed E-state index contributed by atoms with van der Waals surface area (Å²) < 4.78 is 42.0. The zero-order valence-electron chi connectivity index (χ0n) is 15.4. The summed E-state index contributed by atoms with van der Waals surface area (Å²) in [6.45, 7) is 1.74. The summed E-state index contributed by atoms with van der Waals surface area (Å²) in [4.78, 5) is 32.2. The third-order valence-electron chi connectivity index (χ3n) is 5.17. The largest absolute Gasteiger partial charge is 0.374 e. The van der Waals surface area contributed by atoms with Crippen LogP contribution in [0.2, 0.25) is 0 Å². The number of rotatable bonds is 3. The van der Waals surface area contributed by atoms with Gasteiger partial charge in [0.25, 0.3) is 5.56 Å². The number of hydrogen-bond acceptors (Lipinski definition) is 4. The Bertz CT molecular complexity index is 1180. The molecule has 0 saturated heterocycles. The van der Waals surface area contributed by atoms with Crippen LogP contribution in [0.5, 0.6) is 0 Å². The van der Waals surface area contributed by atoms with E-state index in [1.165, 1.54) is 23.4 Å². The van der Waals surface area contributed by atoms with Crippen LogP contribution < -0.4 is 10.9 Å². The first-order valence-electron chi connectivity index (χ1n) is 9.03. The molecule has 0 aliphatic carbocycles. The molecule has 1 aromatic heterocycles. The summed E-state index contributed by atoms with van der Waals surface area (Å²) in [5, 5.41) is 2.82. The highest BCUT2D eigenvalue weighted by Crippen LogP contribution is 2.32. The molecule has 0 fully saturated rings. The van der Waals surface area contributed by atoms with Crippen LogP contribution in [0.3, 0.4) is 0 Å². The lowest BCUT2D eigenvalue weighted by molar-refractivity contribution is -0.131. The summed E-state index contributed by atoms with van der Waals surface area (Å²) in [5.41, 5.74) is 0.697. The van der Waals surface area contributed by atoms with E-state index in [1.807, 2.05) is 0 Å². The Morgan fingerprint density at radius 3 is 2.83 bits per heavy atom. The number of hydrogen-bond donors (Lipinski definition) is 2. The van der Waals surface area contributed by atoms with Gasteiger partial charge in [0, 0.05) is 18.2 Å². The minimum Gasteiger partial charge on any atom is -0.374 e. The number of carbonyl (C=O) groups excluding carboxylic acids is 1. The summed E-state index contributed by atoms with van der Waals surface area (Å²) >= 11 is 0. The average Bonchev–Trinajstić information content (AvgIpc) is 2.66. The van der Waals surface area contributed by atoms with E-state index in [0.29, 0.717) is 24.1 Å². The van der Waals surface area contributed by atoms with Crippen LogP contribution >= 0.6 is 0 Å². The predicted octanol–water partition coefficient (Wildman–Crippen LogP) is 2.90. The predicted molar refractivity (Wildman–Crippen MR) is 101 cm³/mol.